The average Bonchev–Trinajstić information content (AvgIpc) is 2.55. The first-order valence-electron chi connectivity index (χ1n) is 3.61. The normalized spacial score (nSPS) is 8.73. The van der Waals surface area contributed by atoms with Crippen LogP contribution >= 0.6 is 23.3 Å². The largest absolute Gasteiger partial charge is 0.243 e. The van der Waals surface area contributed by atoms with Crippen LogP contribution in [0.1, 0.15) is 13.8 Å². The summed E-state index contributed by atoms with van der Waals surface area (Å²) in [4.78, 5) is 0. The number of hydrogen-bond acceptors (Lipinski definition) is 2. The summed E-state index contributed by atoms with van der Waals surface area (Å²) in [6.45, 7) is 6.40. The Hall–Kier alpha value is -0.0900. The van der Waals surface area contributed by atoms with E-state index in [0.717, 1.165) is 13.1 Å². The molecule has 0 amide bonds. The third-order valence-electron chi connectivity index (χ3n) is 1.48. The van der Waals surface area contributed by atoms with E-state index in [9.17, 15) is 0 Å². The Kier molecular flexibility index (Phi) is 6.56. The van der Waals surface area contributed by atoms with E-state index in [4.69, 9.17) is 0 Å². The zero-order valence-corrected chi connectivity index (χ0v) is 8.72. The van der Waals surface area contributed by atoms with Gasteiger partial charge in [-0.15, -0.1) is 23.3 Å². The molecule has 2 nitrogen and oxygen atoms in total. The molecule has 0 aliphatic carbocycles. The second-order valence-electron chi connectivity index (χ2n) is 2.07. The van der Waals surface area contributed by atoms with Crippen LogP contribution in [0.2, 0.25) is 0 Å². The minimum Gasteiger partial charge on any atom is -0.237 e. The van der Waals surface area contributed by atoms with E-state index in [-0.39, 0.29) is 0 Å². The van der Waals surface area contributed by atoms with E-state index >= 15 is 0 Å². The molecule has 0 atom stereocenters. The van der Waals surface area contributed by atoms with E-state index in [1.807, 2.05) is 0 Å². The highest BCUT2D eigenvalue weighted by atomic mass is 33.1. The Balaban J connectivity index is 0.000000461. The maximum absolute atomic E-state index is 3.22. The lowest BCUT2D eigenvalue weighted by atomic mass is 10.7. The first-order valence-corrected chi connectivity index (χ1v) is 5.21. The monoisotopic (exact) mass is 191 g/mol. The summed E-state index contributed by atoms with van der Waals surface area (Å²) >= 11 is 6.44. The summed E-state index contributed by atoms with van der Waals surface area (Å²) in [5.74, 6) is 0. The van der Waals surface area contributed by atoms with E-state index < -0.39 is 0 Å². The molecule has 1 aromatic rings. The molecule has 0 radical (unpaired) electrons. The van der Waals surface area contributed by atoms with E-state index in [0.29, 0.717) is 0 Å². The van der Waals surface area contributed by atoms with Crippen molar-refractivity contribution in [3.63, 3.8) is 0 Å². The van der Waals surface area contributed by atoms with Gasteiger partial charge in [0.2, 0.25) is 6.33 Å². The van der Waals surface area contributed by atoms with Gasteiger partial charge in [-0.05, 0) is 13.8 Å². The lowest BCUT2D eigenvalue weighted by molar-refractivity contribution is -0.693. The Morgan fingerprint density at radius 2 is 2.00 bits per heavy atom. The van der Waals surface area contributed by atoms with Crippen molar-refractivity contribution < 1.29 is 4.57 Å². The molecule has 0 saturated carbocycles. The molecule has 0 aromatic carbocycles. The summed E-state index contributed by atoms with van der Waals surface area (Å²) < 4.78 is 4.31. The molecule has 4 heteroatoms. The number of aryl methyl sites for hydroxylation is 2. The van der Waals surface area contributed by atoms with E-state index in [1.54, 1.807) is 0 Å². The first kappa shape index (κ1) is 10.9. The number of aromatic nitrogens is 2. The fourth-order valence-electron chi connectivity index (χ4n) is 0.813. The van der Waals surface area contributed by atoms with Crippen LogP contribution in [0, 0.1) is 0 Å². The molecule has 0 saturated heterocycles. The van der Waals surface area contributed by atoms with Crippen LogP contribution < -0.4 is 4.57 Å². The number of nitrogens with zero attached hydrogens (tertiary/aromatic N) is 2. The van der Waals surface area contributed by atoms with Gasteiger partial charge in [-0.3, -0.25) is 0 Å². The van der Waals surface area contributed by atoms with Gasteiger partial charge in [-0.1, -0.05) is 0 Å². The van der Waals surface area contributed by atoms with Gasteiger partial charge in [0.1, 0.15) is 12.4 Å². The average molecular weight is 191 g/mol. The van der Waals surface area contributed by atoms with Crippen LogP contribution in [0.3, 0.4) is 0 Å². The van der Waals surface area contributed by atoms with Crippen molar-refractivity contribution in [3.8, 4) is 0 Å². The molecule has 0 aliphatic rings. The first-order chi connectivity index (χ1) is 5.36. The quantitative estimate of drug-likeness (QED) is 0.399. The Bertz CT molecular complexity index is 168. The fraction of sp³-hybridized carbons (Fsp3) is 0.571. The van der Waals surface area contributed by atoms with Gasteiger partial charge in [0.25, 0.3) is 0 Å². The van der Waals surface area contributed by atoms with Crippen molar-refractivity contribution >= 4 is 23.3 Å². The molecule has 1 aromatic heterocycles. The summed E-state index contributed by atoms with van der Waals surface area (Å²) in [6.07, 6.45) is 6.28. The number of hydrogen-bond donors (Lipinski definition) is 2. The van der Waals surface area contributed by atoms with Gasteiger partial charge >= 0.3 is 0 Å². The van der Waals surface area contributed by atoms with Crippen LogP contribution in [0.25, 0.3) is 0 Å². The van der Waals surface area contributed by atoms with Crippen molar-refractivity contribution in [3.05, 3.63) is 18.7 Å². The molecular weight excluding hydrogens is 176 g/mol. The van der Waals surface area contributed by atoms with E-state index in [1.165, 1.54) is 0 Å². The molecule has 0 N–H and O–H groups in total. The van der Waals surface area contributed by atoms with Crippen LogP contribution in [0.15, 0.2) is 18.7 Å². The molecule has 0 bridgehead atoms. The highest BCUT2D eigenvalue weighted by molar-refractivity contribution is 8.59. The fourth-order valence-corrected chi connectivity index (χ4v) is 0.813. The van der Waals surface area contributed by atoms with Crippen LogP contribution in [0.4, 0.5) is 0 Å². The van der Waals surface area contributed by atoms with Crippen molar-refractivity contribution in [1.82, 2.24) is 4.57 Å². The van der Waals surface area contributed by atoms with E-state index in [2.05, 4.69) is 65.0 Å². The molecule has 0 unspecified atom stereocenters. The lowest BCUT2D eigenvalue weighted by Gasteiger charge is -1.84. The number of rotatable bonds is 2. The van der Waals surface area contributed by atoms with Gasteiger partial charge in [0.05, 0.1) is 13.1 Å². The predicted octanol–water partition coefficient (Wildman–Crippen LogP) is 1.58. The van der Waals surface area contributed by atoms with Crippen molar-refractivity contribution in [1.29, 1.82) is 0 Å². The molecule has 11 heavy (non-hydrogen) atoms. The van der Waals surface area contributed by atoms with Crippen LogP contribution in [-0.4, -0.2) is 4.57 Å². The molecule has 1 heterocycles. The molecule has 64 valence electrons. The van der Waals surface area contributed by atoms with Crippen molar-refractivity contribution in [2.45, 2.75) is 26.9 Å². The zero-order chi connectivity index (χ0) is 8.69. The summed E-state index contributed by atoms with van der Waals surface area (Å²) in [5.41, 5.74) is 0. The molecule has 1 rings (SSSR count). The third kappa shape index (κ3) is 3.72. The second kappa shape index (κ2) is 6.61. The maximum atomic E-state index is 3.22. The third-order valence-corrected chi connectivity index (χ3v) is 1.48. The predicted molar refractivity (Wildman–Crippen MR) is 53.9 cm³/mol. The Morgan fingerprint density at radius 3 is 2.27 bits per heavy atom. The zero-order valence-electron chi connectivity index (χ0n) is 6.94. The summed E-state index contributed by atoms with van der Waals surface area (Å²) in [7, 11) is 0. The molecule has 0 spiro atoms. The topological polar surface area (TPSA) is 8.81 Å². The molecule has 0 fully saturated rings. The Labute approximate surface area is 78.5 Å². The summed E-state index contributed by atoms with van der Waals surface area (Å²) in [5, 5.41) is 0. The van der Waals surface area contributed by atoms with Gasteiger partial charge in [0.15, 0.2) is 0 Å². The molecule has 0 aliphatic heterocycles. The lowest BCUT2D eigenvalue weighted by Crippen LogP contribution is -2.28. The van der Waals surface area contributed by atoms with Crippen molar-refractivity contribution in [2.24, 2.45) is 0 Å². The number of thiol groups is 2. The van der Waals surface area contributed by atoms with Gasteiger partial charge in [-0.2, -0.15) is 0 Å². The highest BCUT2D eigenvalue weighted by Gasteiger charge is 1.95. The van der Waals surface area contributed by atoms with Crippen LogP contribution in [-0.2, 0) is 13.1 Å². The SMILES string of the molecule is CCn1cc[n+](CC)c1.SS. The van der Waals surface area contributed by atoms with Gasteiger partial charge < -0.3 is 0 Å². The number of imidazole rings is 1. The van der Waals surface area contributed by atoms with Gasteiger partial charge in [0, 0.05) is 0 Å². The standard InChI is InChI=1S/C7H13N2.H2S2/c1-3-8-5-6-9(4-2)7-8;1-2/h5-7H,3-4H2,1-2H3;1-2H/q+1;. The summed E-state index contributed by atoms with van der Waals surface area (Å²) in [6, 6.07) is 0. The Morgan fingerprint density at radius 1 is 1.36 bits per heavy atom. The smallest absolute Gasteiger partial charge is 0.237 e. The second-order valence-corrected chi connectivity index (χ2v) is 2.07. The molecular formula is C7H15N2S2+. The van der Waals surface area contributed by atoms with Crippen LogP contribution in [0.5, 0.6) is 0 Å². The highest BCUT2D eigenvalue weighted by Crippen LogP contribution is 1.81. The van der Waals surface area contributed by atoms with Crippen molar-refractivity contribution in [2.75, 3.05) is 0 Å². The minimum absolute atomic E-state index is 1.06. The minimum atomic E-state index is 1.06. The van der Waals surface area contributed by atoms with Gasteiger partial charge in [-0.25, -0.2) is 9.13 Å². The maximum Gasteiger partial charge on any atom is 0.243 e.